The molecule has 2 aliphatic rings. The van der Waals surface area contributed by atoms with E-state index in [4.69, 9.17) is 0 Å². The van der Waals surface area contributed by atoms with Gasteiger partial charge in [-0.1, -0.05) is 6.42 Å². The van der Waals surface area contributed by atoms with E-state index in [0.29, 0.717) is 18.0 Å². The summed E-state index contributed by atoms with van der Waals surface area (Å²) in [7, 11) is 1.88. The van der Waals surface area contributed by atoms with Crippen LogP contribution in [0.5, 0.6) is 0 Å². The maximum Gasteiger partial charge on any atom is 0.239 e. The van der Waals surface area contributed by atoms with Gasteiger partial charge >= 0.3 is 0 Å². The highest BCUT2D eigenvalue weighted by atomic mass is 16.2. The van der Waals surface area contributed by atoms with Gasteiger partial charge in [-0.3, -0.25) is 4.79 Å². The minimum atomic E-state index is -0.0584. The molecule has 1 aliphatic carbocycles. The first-order valence-electron chi connectivity index (χ1n) is 7.88. The topological polar surface area (TPSA) is 44.4 Å². The number of hydrogen-bond acceptors (Lipinski definition) is 3. The lowest BCUT2D eigenvalue weighted by Crippen LogP contribution is -2.50. The van der Waals surface area contributed by atoms with Crippen molar-refractivity contribution in [3.63, 3.8) is 0 Å². The molecule has 4 unspecified atom stereocenters. The highest BCUT2D eigenvalue weighted by Crippen LogP contribution is 2.32. The molecule has 19 heavy (non-hydrogen) atoms. The van der Waals surface area contributed by atoms with E-state index < -0.39 is 0 Å². The van der Waals surface area contributed by atoms with Gasteiger partial charge in [0.15, 0.2) is 0 Å². The highest BCUT2D eigenvalue weighted by molar-refractivity contribution is 5.81. The molecule has 4 atom stereocenters. The molecule has 2 N–H and O–H groups in total. The van der Waals surface area contributed by atoms with Gasteiger partial charge in [-0.05, 0) is 52.0 Å². The molecule has 0 aromatic carbocycles. The molecule has 110 valence electrons. The van der Waals surface area contributed by atoms with Gasteiger partial charge in [-0.2, -0.15) is 0 Å². The highest BCUT2D eigenvalue weighted by Gasteiger charge is 2.36. The molecule has 1 aliphatic heterocycles. The Morgan fingerprint density at radius 1 is 1.37 bits per heavy atom. The maximum absolute atomic E-state index is 12.1. The molecular formula is C15H29N3O. The van der Waals surface area contributed by atoms with Crippen molar-refractivity contribution in [3.8, 4) is 0 Å². The molecule has 0 radical (unpaired) electrons. The van der Waals surface area contributed by atoms with Gasteiger partial charge in [0.05, 0.1) is 6.04 Å². The van der Waals surface area contributed by atoms with Crippen molar-refractivity contribution in [2.24, 2.45) is 5.92 Å². The van der Waals surface area contributed by atoms with E-state index in [1.807, 2.05) is 20.9 Å². The summed E-state index contributed by atoms with van der Waals surface area (Å²) in [6.45, 7) is 5.97. The number of nitrogens with zero attached hydrogens (tertiary/aromatic N) is 1. The third kappa shape index (κ3) is 3.48. The Hall–Kier alpha value is -0.610. The van der Waals surface area contributed by atoms with Crippen molar-refractivity contribution in [3.05, 3.63) is 0 Å². The standard InChI is InChI=1S/C15H29N3O/c1-4-18(3)15(19)11(2)17-14-8-5-7-12(14)13-9-6-10-16-13/h11-14,16-17H,4-10H2,1-3H3. The summed E-state index contributed by atoms with van der Waals surface area (Å²) in [4.78, 5) is 13.9. The molecule has 1 saturated carbocycles. The Balaban J connectivity index is 1.88. The zero-order chi connectivity index (χ0) is 13.8. The maximum atomic E-state index is 12.1. The van der Waals surface area contributed by atoms with E-state index in [2.05, 4.69) is 10.6 Å². The van der Waals surface area contributed by atoms with E-state index in [0.717, 1.165) is 6.54 Å². The lowest BCUT2D eigenvalue weighted by atomic mass is 9.92. The fourth-order valence-electron chi connectivity index (χ4n) is 3.63. The van der Waals surface area contributed by atoms with E-state index >= 15 is 0 Å². The summed E-state index contributed by atoms with van der Waals surface area (Å²) in [5.41, 5.74) is 0. The molecule has 0 spiro atoms. The van der Waals surface area contributed by atoms with Gasteiger partial charge in [0.1, 0.15) is 0 Å². The van der Waals surface area contributed by atoms with Crippen molar-refractivity contribution < 1.29 is 4.79 Å². The molecular weight excluding hydrogens is 238 g/mol. The fraction of sp³-hybridized carbons (Fsp3) is 0.933. The molecule has 1 saturated heterocycles. The number of carbonyl (C=O) groups excluding carboxylic acids is 1. The second kappa shape index (κ2) is 6.71. The van der Waals surface area contributed by atoms with Crippen LogP contribution in [0.15, 0.2) is 0 Å². The largest absolute Gasteiger partial charge is 0.345 e. The Morgan fingerprint density at radius 3 is 2.79 bits per heavy atom. The van der Waals surface area contributed by atoms with Gasteiger partial charge in [0, 0.05) is 25.7 Å². The van der Waals surface area contributed by atoms with Crippen LogP contribution in [0.25, 0.3) is 0 Å². The van der Waals surface area contributed by atoms with E-state index in [1.165, 1.54) is 38.6 Å². The van der Waals surface area contributed by atoms with Gasteiger partial charge in [-0.15, -0.1) is 0 Å². The SMILES string of the molecule is CCN(C)C(=O)C(C)NC1CCCC1C1CCCN1. The average Bonchev–Trinajstić information content (AvgIpc) is 3.06. The third-order valence-electron chi connectivity index (χ3n) is 4.87. The van der Waals surface area contributed by atoms with Crippen LogP contribution >= 0.6 is 0 Å². The first kappa shape index (κ1) is 14.8. The Labute approximate surface area is 117 Å². The second-order valence-electron chi connectivity index (χ2n) is 6.14. The zero-order valence-corrected chi connectivity index (χ0v) is 12.6. The van der Waals surface area contributed by atoms with Crippen molar-refractivity contribution >= 4 is 5.91 Å². The summed E-state index contributed by atoms with van der Waals surface area (Å²) < 4.78 is 0. The zero-order valence-electron chi connectivity index (χ0n) is 12.6. The summed E-state index contributed by atoms with van der Waals surface area (Å²) in [5, 5.41) is 7.22. The molecule has 0 aromatic heterocycles. The van der Waals surface area contributed by atoms with Crippen LogP contribution in [0.2, 0.25) is 0 Å². The fourth-order valence-corrected chi connectivity index (χ4v) is 3.63. The van der Waals surface area contributed by atoms with Crippen molar-refractivity contribution in [2.75, 3.05) is 20.1 Å². The average molecular weight is 267 g/mol. The van der Waals surface area contributed by atoms with E-state index in [-0.39, 0.29) is 11.9 Å². The van der Waals surface area contributed by atoms with Crippen LogP contribution in [-0.2, 0) is 4.79 Å². The van der Waals surface area contributed by atoms with Crippen molar-refractivity contribution in [1.82, 2.24) is 15.5 Å². The van der Waals surface area contributed by atoms with Gasteiger partial charge in [-0.25, -0.2) is 0 Å². The Kier molecular flexibility index (Phi) is 5.22. The predicted octanol–water partition coefficient (Wildman–Crippen LogP) is 1.36. The number of likely N-dealkylation sites (N-methyl/N-ethyl adjacent to an activating group) is 1. The van der Waals surface area contributed by atoms with Gasteiger partial charge in [0.2, 0.25) is 5.91 Å². The first-order chi connectivity index (χ1) is 9.13. The van der Waals surface area contributed by atoms with E-state index in [9.17, 15) is 4.79 Å². The number of carbonyl (C=O) groups is 1. The molecule has 4 nitrogen and oxygen atoms in total. The molecule has 1 amide bonds. The van der Waals surface area contributed by atoms with Gasteiger partial charge in [0.25, 0.3) is 0 Å². The molecule has 4 heteroatoms. The predicted molar refractivity (Wildman–Crippen MR) is 78.1 cm³/mol. The quantitative estimate of drug-likeness (QED) is 0.790. The Morgan fingerprint density at radius 2 is 2.16 bits per heavy atom. The van der Waals surface area contributed by atoms with Gasteiger partial charge < -0.3 is 15.5 Å². The molecule has 0 bridgehead atoms. The number of nitrogens with one attached hydrogen (secondary N) is 2. The number of rotatable bonds is 5. The lowest BCUT2D eigenvalue weighted by molar-refractivity contribution is -0.131. The minimum Gasteiger partial charge on any atom is -0.345 e. The molecule has 2 rings (SSSR count). The summed E-state index contributed by atoms with van der Waals surface area (Å²) in [6.07, 6.45) is 6.43. The van der Waals surface area contributed by atoms with Crippen LogP contribution in [0.3, 0.4) is 0 Å². The van der Waals surface area contributed by atoms with Crippen LogP contribution in [0, 0.1) is 5.92 Å². The smallest absolute Gasteiger partial charge is 0.239 e. The van der Waals surface area contributed by atoms with Crippen molar-refractivity contribution in [1.29, 1.82) is 0 Å². The van der Waals surface area contributed by atoms with E-state index in [1.54, 1.807) is 4.90 Å². The van der Waals surface area contributed by atoms with Crippen LogP contribution in [0.4, 0.5) is 0 Å². The molecule has 1 heterocycles. The minimum absolute atomic E-state index is 0.0584. The molecule has 2 fully saturated rings. The van der Waals surface area contributed by atoms with Crippen molar-refractivity contribution in [2.45, 2.75) is 64.1 Å². The third-order valence-corrected chi connectivity index (χ3v) is 4.87. The summed E-state index contributed by atoms with van der Waals surface area (Å²) in [5.74, 6) is 0.928. The van der Waals surface area contributed by atoms with Crippen LogP contribution in [0.1, 0.15) is 46.0 Å². The second-order valence-corrected chi connectivity index (χ2v) is 6.14. The monoisotopic (exact) mass is 267 g/mol. The summed E-state index contributed by atoms with van der Waals surface area (Å²) >= 11 is 0. The lowest BCUT2D eigenvalue weighted by Gasteiger charge is -2.30. The number of hydrogen-bond donors (Lipinski definition) is 2. The summed E-state index contributed by atoms with van der Waals surface area (Å²) in [6, 6.07) is 1.13. The molecule has 0 aromatic rings. The first-order valence-corrected chi connectivity index (χ1v) is 7.88. The normalized spacial score (nSPS) is 32.5. The van der Waals surface area contributed by atoms with Crippen LogP contribution < -0.4 is 10.6 Å². The Bertz CT molecular complexity index is 302. The van der Waals surface area contributed by atoms with Crippen LogP contribution in [-0.4, -0.2) is 49.1 Å². The number of amides is 1.